The number of hydrogen-bond donors (Lipinski definition) is 2. The van der Waals surface area contributed by atoms with Gasteiger partial charge in [-0.2, -0.15) is 11.8 Å². The maximum Gasteiger partial charge on any atom is 0.315 e. The topological polar surface area (TPSA) is 41.1 Å². The van der Waals surface area contributed by atoms with Crippen LogP contribution >= 0.6 is 11.8 Å². The van der Waals surface area contributed by atoms with Gasteiger partial charge in [-0.1, -0.05) is 0 Å². The average Bonchev–Trinajstić information content (AvgIpc) is 2.34. The fraction of sp³-hybridized carbons (Fsp3) is 0.889. The number of nitrogens with one attached hydrogen (secondary N) is 2. The van der Waals surface area contributed by atoms with Crippen LogP contribution in [0.2, 0.25) is 0 Å². The Balaban J connectivity index is 2.24. The second kappa shape index (κ2) is 4.22. The first-order valence-corrected chi connectivity index (χ1v) is 5.79. The number of carbonyl (C=O) groups is 1. The van der Waals surface area contributed by atoms with Gasteiger partial charge in [-0.05, 0) is 32.9 Å². The molecule has 0 radical (unpaired) electrons. The van der Waals surface area contributed by atoms with Gasteiger partial charge in [-0.25, -0.2) is 4.79 Å². The molecule has 13 heavy (non-hydrogen) atoms. The second-order valence-electron chi connectivity index (χ2n) is 4.41. The van der Waals surface area contributed by atoms with E-state index in [4.69, 9.17) is 0 Å². The van der Waals surface area contributed by atoms with E-state index in [1.165, 1.54) is 5.75 Å². The summed E-state index contributed by atoms with van der Waals surface area (Å²) >= 11 is 1.90. The van der Waals surface area contributed by atoms with E-state index < -0.39 is 0 Å². The minimum Gasteiger partial charge on any atom is -0.335 e. The van der Waals surface area contributed by atoms with E-state index in [1.807, 2.05) is 32.5 Å². The minimum absolute atomic E-state index is 0.0417. The third kappa shape index (κ3) is 4.41. The van der Waals surface area contributed by atoms with Crippen LogP contribution in [0.1, 0.15) is 27.2 Å². The van der Waals surface area contributed by atoms with Crippen molar-refractivity contribution in [1.29, 1.82) is 0 Å². The Morgan fingerprint density at radius 2 is 2.15 bits per heavy atom. The van der Waals surface area contributed by atoms with Crippen molar-refractivity contribution in [2.45, 2.75) is 38.8 Å². The normalized spacial score (nSPS) is 22.8. The molecule has 1 rings (SSSR count). The zero-order chi connectivity index (χ0) is 9.90. The van der Waals surface area contributed by atoms with Crippen molar-refractivity contribution >= 4 is 17.8 Å². The van der Waals surface area contributed by atoms with E-state index in [0.29, 0.717) is 6.04 Å². The molecule has 76 valence electrons. The lowest BCUT2D eigenvalue weighted by atomic mass is 10.1. The average molecular weight is 202 g/mol. The van der Waals surface area contributed by atoms with Crippen LogP contribution in [0, 0.1) is 0 Å². The smallest absolute Gasteiger partial charge is 0.315 e. The summed E-state index contributed by atoms with van der Waals surface area (Å²) in [7, 11) is 0. The highest BCUT2D eigenvalue weighted by Gasteiger charge is 2.19. The van der Waals surface area contributed by atoms with E-state index in [9.17, 15) is 4.79 Å². The van der Waals surface area contributed by atoms with Crippen LogP contribution in [0.15, 0.2) is 0 Å². The Morgan fingerprint density at radius 3 is 2.62 bits per heavy atom. The number of carbonyl (C=O) groups excluding carboxylic acids is 1. The molecule has 0 spiro atoms. The third-order valence-corrected chi connectivity index (χ3v) is 2.92. The van der Waals surface area contributed by atoms with Gasteiger partial charge in [0.25, 0.3) is 0 Å². The van der Waals surface area contributed by atoms with E-state index in [-0.39, 0.29) is 11.6 Å². The van der Waals surface area contributed by atoms with Crippen LogP contribution in [-0.4, -0.2) is 29.1 Å². The number of amides is 2. The van der Waals surface area contributed by atoms with Crippen LogP contribution in [0.4, 0.5) is 4.79 Å². The highest BCUT2D eigenvalue weighted by atomic mass is 32.2. The molecule has 0 aliphatic carbocycles. The van der Waals surface area contributed by atoms with Crippen molar-refractivity contribution in [2.24, 2.45) is 0 Å². The van der Waals surface area contributed by atoms with Gasteiger partial charge >= 0.3 is 6.03 Å². The summed E-state index contributed by atoms with van der Waals surface area (Å²) < 4.78 is 0. The molecule has 0 aromatic carbocycles. The minimum atomic E-state index is -0.143. The van der Waals surface area contributed by atoms with Crippen molar-refractivity contribution in [1.82, 2.24) is 10.6 Å². The van der Waals surface area contributed by atoms with Crippen molar-refractivity contribution in [3.63, 3.8) is 0 Å². The maximum absolute atomic E-state index is 11.4. The lowest BCUT2D eigenvalue weighted by molar-refractivity contribution is 0.229. The van der Waals surface area contributed by atoms with Gasteiger partial charge in [0.2, 0.25) is 0 Å². The molecule has 4 heteroatoms. The van der Waals surface area contributed by atoms with Gasteiger partial charge in [0.05, 0.1) is 0 Å². The summed E-state index contributed by atoms with van der Waals surface area (Å²) in [6.45, 7) is 5.95. The monoisotopic (exact) mass is 202 g/mol. The van der Waals surface area contributed by atoms with Gasteiger partial charge in [0.15, 0.2) is 0 Å². The third-order valence-electron chi connectivity index (χ3n) is 1.75. The highest BCUT2D eigenvalue weighted by molar-refractivity contribution is 7.99. The molecule has 2 N–H and O–H groups in total. The number of rotatable bonds is 1. The van der Waals surface area contributed by atoms with Crippen LogP contribution in [0.25, 0.3) is 0 Å². The Hall–Kier alpha value is -0.380. The molecule has 0 saturated carbocycles. The Labute approximate surface area is 84.0 Å². The predicted octanol–water partition coefficient (Wildman–Crippen LogP) is 1.59. The molecule has 3 nitrogen and oxygen atoms in total. The second-order valence-corrected chi connectivity index (χ2v) is 5.56. The SMILES string of the molecule is CC(C)(C)NC(=O)NC1CCSC1. The molecule has 1 fully saturated rings. The first-order chi connectivity index (χ1) is 5.97. The first-order valence-electron chi connectivity index (χ1n) is 4.64. The quantitative estimate of drug-likeness (QED) is 0.678. The number of urea groups is 1. The summed E-state index contributed by atoms with van der Waals surface area (Å²) in [4.78, 5) is 11.4. The largest absolute Gasteiger partial charge is 0.335 e. The number of thioether (sulfide) groups is 1. The first kappa shape index (κ1) is 10.7. The van der Waals surface area contributed by atoms with Gasteiger partial charge in [-0.3, -0.25) is 0 Å². The van der Waals surface area contributed by atoms with Crippen molar-refractivity contribution in [3.8, 4) is 0 Å². The standard InChI is InChI=1S/C9H18N2OS/c1-9(2,3)11-8(12)10-7-4-5-13-6-7/h7H,4-6H2,1-3H3,(H2,10,11,12). The highest BCUT2D eigenvalue weighted by Crippen LogP contribution is 2.16. The van der Waals surface area contributed by atoms with E-state index in [2.05, 4.69) is 10.6 Å². The van der Waals surface area contributed by atoms with Crippen LogP contribution in [-0.2, 0) is 0 Å². The summed E-state index contributed by atoms with van der Waals surface area (Å²) in [6, 6.07) is 0.326. The van der Waals surface area contributed by atoms with Crippen LogP contribution < -0.4 is 10.6 Å². The van der Waals surface area contributed by atoms with Crippen LogP contribution in [0.5, 0.6) is 0 Å². The van der Waals surface area contributed by atoms with E-state index in [1.54, 1.807) is 0 Å². The molecule has 0 aromatic heterocycles. The molecule has 1 saturated heterocycles. The fourth-order valence-electron chi connectivity index (χ4n) is 1.21. The van der Waals surface area contributed by atoms with Crippen LogP contribution in [0.3, 0.4) is 0 Å². The summed E-state index contributed by atoms with van der Waals surface area (Å²) in [6.07, 6.45) is 1.10. The molecular formula is C9H18N2OS. The van der Waals surface area contributed by atoms with Crippen molar-refractivity contribution in [2.75, 3.05) is 11.5 Å². The maximum atomic E-state index is 11.4. The summed E-state index contributed by atoms with van der Waals surface area (Å²) in [5, 5.41) is 5.85. The molecule has 1 unspecified atom stereocenters. The lowest BCUT2D eigenvalue weighted by Gasteiger charge is -2.22. The summed E-state index contributed by atoms with van der Waals surface area (Å²) in [5.41, 5.74) is -0.143. The summed E-state index contributed by atoms with van der Waals surface area (Å²) in [5.74, 6) is 2.22. The van der Waals surface area contributed by atoms with Gasteiger partial charge in [0.1, 0.15) is 0 Å². The van der Waals surface area contributed by atoms with Gasteiger partial charge in [-0.15, -0.1) is 0 Å². The molecule has 2 amide bonds. The molecular weight excluding hydrogens is 184 g/mol. The molecule has 0 bridgehead atoms. The molecule has 0 aromatic rings. The zero-order valence-corrected chi connectivity index (χ0v) is 9.33. The van der Waals surface area contributed by atoms with Gasteiger partial charge in [0, 0.05) is 17.3 Å². The molecule has 1 aliphatic rings. The number of hydrogen-bond acceptors (Lipinski definition) is 2. The van der Waals surface area contributed by atoms with Crippen molar-refractivity contribution in [3.05, 3.63) is 0 Å². The predicted molar refractivity (Wildman–Crippen MR) is 57.2 cm³/mol. The van der Waals surface area contributed by atoms with Gasteiger partial charge < -0.3 is 10.6 Å². The lowest BCUT2D eigenvalue weighted by Crippen LogP contribution is -2.49. The van der Waals surface area contributed by atoms with E-state index in [0.717, 1.165) is 12.2 Å². The Bertz CT molecular complexity index is 183. The van der Waals surface area contributed by atoms with Crippen molar-refractivity contribution < 1.29 is 4.79 Å². The molecule has 1 atom stereocenters. The molecule has 1 aliphatic heterocycles. The fourth-order valence-corrected chi connectivity index (χ4v) is 2.36. The Morgan fingerprint density at radius 1 is 1.46 bits per heavy atom. The molecule has 1 heterocycles. The Kier molecular flexibility index (Phi) is 3.47. The van der Waals surface area contributed by atoms with E-state index >= 15 is 0 Å². The zero-order valence-electron chi connectivity index (χ0n) is 8.52.